The van der Waals surface area contributed by atoms with Gasteiger partial charge in [-0.05, 0) is 59.1 Å². The van der Waals surface area contributed by atoms with Crippen molar-refractivity contribution in [3.05, 3.63) is 41.0 Å². The third kappa shape index (κ3) is 4.71. The minimum absolute atomic E-state index is 0.215. The van der Waals surface area contributed by atoms with Crippen LogP contribution in [0.1, 0.15) is 46.0 Å². The van der Waals surface area contributed by atoms with Crippen molar-refractivity contribution in [2.75, 3.05) is 12.4 Å². The summed E-state index contributed by atoms with van der Waals surface area (Å²) in [7, 11) is 1.58. The van der Waals surface area contributed by atoms with Crippen molar-refractivity contribution in [3.8, 4) is 22.8 Å². The zero-order chi connectivity index (χ0) is 22.0. The number of carbonyl (C=O) groups is 1. The summed E-state index contributed by atoms with van der Waals surface area (Å²) in [6.07, 6.45) is 8.15. The van der Waals surface area contributed by atoms with Crippen molar-refractivity contribution in [1.29, 1.82) is 0 Å². The summed E-state index contributed by atoms with van der Waals surface area (Å²) in [6, 6.07) is 10.00. The lowest BCUT2D eigenvalue weighted by molar-refractivity contribution is -0.137. The standard InChI is InChI=1S/C24H28BrN3O3/c1-15(2)24(29)31-19-11-9-16(13-20(19)30-3)22-23(26-18-7-5-4-6-8-18)28-14-17(25)10-12-21(28)27-22/h9-15,18,26H,4-8H2,1-3H3. The molecule has 0 radical (unpaired) electrons. The fourth-order valence-electron chi connectivity index (χ4n) is 3.92. The maximum atomic E-state index is 12.1. The van der Waals surface area contributed by atoms with Gasteiger partial charge in [0.2, 0.25) is 0 Å². The van der Waals surface area contributed by atoms with Crippen LogP contribution < -0.4 is 14.8 Å². The number of nitrogens with zero attached hydrogens (tertiary/aromatic N) is 2. The van der Waals surface area contributed by atoms with E-state index in [0.29, 0.717) is 17.5 Å². The number of esters is 1. The quantitative estimate of drug-likeness (QED) is 0.338. The molecule has 0 bridgehead atoms. The highest BCUT2D eigenvalue weighted by Crippen LogP contribution is 2.37. The highest BCUT2D eigenvalue weighted by molar-refractivity contribution is 9.10. The minimum Gasteiger partial charge on any atom is -0.493 e. The Kier molecular flexibility index (Phi) is 6.51. The summed E-state index contributed by atoms with van der Waals surface area (Å²) >= 11 is 3.58. The van der Waals surface area contributed by atoms with Crippen LogP contribution in [0, 0.1) is 5.92 Å². The molecule has 6 nitrogen and oxygen atoms in total. The van der Waals surface area contributed by atoms with E-state index in [9.17, 15) is 4.79 Å². The Labute approximate surface area is 191 Å². The molecule has 0 saturated heterocycles. The van der Waals surface area contributed by atoms with E-state index in [1.54, 1.807) is 27.0 Å². The number of hydrogen-bond donors (Lipinski definition) is 1. The number of nitrogens with one attached hydrogen (secondary N) is 1. The lowest BCUT2D eigenvalue weighted by atomic mass is 9.95. The first-order chi connectivity index (χ1) is 15.0. The topological polar surface area (TPSA) is 64.9 Å². The average molecular weight is 486 g/mol. The Bertz CT molecular complexity index is 1090. The van der Waals surface area contributed by atoms with Crippen LogP contribution in [0.2, 0.25) is 0 Å². The van der Waals surface area contributed by atoms with Crippen molar-refractivity contribution in [3.63, 3.8) is 0 Å². The molecule has 1 aliphatic rings. The van der Waals surface area contributed by atoms with Crippen LogP contribution in [-0.2, 0) is 4.79 Å². The predicted molar refractivity (Wildman–Crippen MR) is 126 cm³/mol. The first kappa shape index (κ1) is 21.7. The molecular formula is C24H28BrN3O3. The number of hydrogen-bond acceptors (Lipinski definition) is 5. The summed E-state index contributed by atoms with van der Waals surface area (Å²) in [6.45, 7) is 3.61. The Morgan fingerprint density at radius 1 is 1.16 bits per heavy atom. The van der Waals surface area contributed by atoms with Crippen molar-refractivity contribution >= 4 is 33.4 Å². The van der Waals surface area contributed by atoms with Crippen molar-refractivity contribution in [2.24, 2.45) is 5.92 Å². The molecule has 1 N–H and O–H groups in total. The number of pyridine rings is 1. The van der Waals surface area contributed by atoms with Gasteiger partial charge in [0.15, 0.2) is 11.5 Å². The van der Waals surface area contributed by atoms with Crippen molar-refractivity contribution < 1.29 is 14.3 Å². The zero-order valence-corrected chi connectivity index (χ0v) is 19.7. The number of carbonyl (C=O) groups excluding carboxylic acids is 1. The highest BCUT2D eigenvalue weighted by atomic mass is 79.9. The molecule has 164 valence electrons. The molecule has 0 spiro atoms. The molecular weight excluding hydrogens is 458 g/mol. The Balaban J connectivity index is 1.75. The Morgan fingerprint density at radius 2 is 1.94 bits per heavy atom. The molecule has 0 aliphatic heterocycles. The van der Waals surface area contributed by atoms with Crippen molar-refractivity contribution in [1.82, 2.24) is 9.38 Å². The third-order valence-electron chi connectivity index (χ3n) is 5.65. The molecule has 0 unspecified atom stereocenters. The van der Waals surface area contributed by atoms with Gasteiger partial charge in [-0.25, -0.2) is 4.98 Å². The molecule has 0 amide bonds. The molecule has 3 aromatic rings. The maximum absolute atomic E-state index is 12.1. The molecule has 2 aromatic heterocycles. The molecule has 1 aromatic carbocycles. The number of halogens is 1. The summed E-state index contributed by atoms with van der Waals surface area (Å²) in [5.41, 5.74) is 2.62. The summed E-state index contributed by atoms with van der Waals surface area (Å²) < 4.78 is 14.1. The van der Waals surface area contributed by atoms with E-state index in [2.05, 4.69) is 25.6 Å². The fraction of sp³-hybridized carbons (Fsp3) is 0.417. The lowest BCUT2D eigenvalue weighted by Crippen LogP contribution is -2.23. The summed E-state index contributed by atoms with van der Waals surface area (Å²) in [5, 5.41) is 3.75. The molecule has 1 fully saturated rings. The van der Waals surface area contributed by atoms with Crippen LogP contribution in [-0.4, -0.2) is 28.5 Å². The van der Waals surface area contributed by atoms with Crippen LogP contribution >= 0.6 is 15.9 Å². The number of rotatable bonds is 6. The SMILES string of the molecule is COc1cc(-c2nc3ccc(Br)cn3c2NC2CCCCC2)ccc1OC(=O)C(C)C. The smallest absolute Gasteiger partial charge is 0.313 e. The second-order valence-corrected chi connectivity index (χ2v) is 9.22. The third-order valence-corrected chi connectivity index (χ3v) is 6.12. The molecule has 7 heteroatoms. The number of methoxy groups -OCH3 is 1. The molecule has 4 rings (SSSR count). The van der Waals surface area contributed by atoms with Crippen LogP contribution in [0.25, 0.3) is 16.9 Å². The second-order valence-electron chi connectivity index (χ2n) is 8.31. The van der Waals surface area contributed by atoms with Crippen molar-refractivity contribution in [2.45, 2.75) is 52.0 Å². The van der Waals surface area contributed by atoms with Gasteiger partial charge in [-0.2, -0.15) is 0 Å². The zero-order valence-electron chi connectivity index (χ0n) is 18.2. The van der Waals surface area contributed by atoms with Crippen LogP contribution in [0.15, 0.2) is 41.0 Å². The van der Waals surface area contributed by atoms with E-state index in [-0.39, 0.29) is 11.9 Å². The van der Waals surface area contributed by atoms with E-state index in [1.165, 1.54) is 19.3 Å². The number of anilines is 1. The molecule has 1 saturated carbocycles. The Hall–Kier alpha value is -2.54. The van der Waals surface area contributed by atoms with Gasteiger partial charge in [-0.1, -0.05) is 33.1 Å². The second kappa shape index (κ2) is 9.30. The minimum atomic E-state index is -0.289. The van der Waals surface area contributed by atoms with Gasteiger partial charge in [0, 0.05) is 22.3 Å². The van der Waals surface area contributed by atoms with Crippen LogP contribution in [0.3, 0.4) is 0 Å². The first-order valence-electron chi connectivity index (χ1n) is 10.8. The van der Waals surface area contributed by atoms with Gasteiger partial charge in [-0.15, -0.1) is 0 Å². The maximum Gasteiger partial charge on any atom is 0.313 e. The fourth-order valence-corrected chi connectivity index (χ4v) is 4.26. The largest absolute Gasteiger partial charge is 0.493 e. The number of fused-ring (bicyclic) bond motifs is 1. The van der Waals surface area contributed by atoms with E-state index in [4.69, 9.17) is 14.5 Å². The van der Waals surface area contributed by atoms with E-state index in [0.717, 1.165) is 40.0 Å². The number of ether oxygens (including phenoxy) is 2. The van der Waals surface area contributed by atoms with Gasteiger partial charge in [0.05, 0.1) is 13.0 Å². The normalized spacial score (nSPS) is 14.7. The van der Waals surface area contributed by atoms with Crippen LogP contribution in [0.5, 0.6) is 11.5 Å². The Morgan fingerprint density at radius 3 is 2.65 bits per heavy atom. The van der Waals surface area contributed by atoms with Gasteiger partial charge in [0.1, 0.15) is 17.2 Å². The number of aromatic nitrogens is 2. The van der Waals surface area contributed by atoms with Gasteiger partial charge >= 0.3 is 5.97 Å². The van der Waals surface area contributed by atoms with Gasteiger partial charge < -0.3 is 14.8 Å². The molecule has 31 heavy (non-hydrogen) atoms. The highest BCUT2D eigenvalue weighted by Gasteiger charge is 2.21. The molecule has 0 atom stereocenters. The monoisotopic (exact) mass is 485 g/mol. The summed E-state index contributed by atoms with van der Waals surface area (Å²) in [5.74, 6) is 1.39. The summed E-state index contributed by atoms with van der Waals surface area (Å²) in [4.78, 5) is 17.0. The van der Waals surface area contributed by atoms with E-state index in [1.807, 2.05) is 30.5 Å². The van der Waals surface area contributed by atoms with Gasteiger partial charge in [0.25, 0.3) is 0 Å². The number of imidazole rings is 1. The van der Waals surface area contributed by atoms with Gasteiger partial charge in [-0.3, -0.25) is 9.20 Å². The average Bonchev–Trinajstić information content (AvgIpc) is 3.12. The van der Waals surface area contributed by atoms with E-state index < -0.39 is 0 Å². The molecule has 2 heterocycles. The lowest BCUT2D eigenvalue weighted by Gasteiger charge is -2.24. The van der Waals surface area contributed by atoms with Crippen LogP contribution in [0.4, 0.5) is 5.82 Å². The number of benzene rings is 1. The predicted octanol–water partition coefficient (Wildman–Crippen LogP) is 6.08. The van der Waals surface area contributed by atoms with E-state index >= 15 is 0 Å². The molecule has 1 aliphatic carbocycles. The first-order valence-corrected chi connectivity index (χ1v) is 11.6.